The Morgan fingerprint density at radius 3 is 2.19 bits per heavy atom. The van der Waals surface area contributed by atoms with E-state index in [0.717, 1.165) is 37.9 Å². The predicted molar refractivity (Wildman–Crippen MR) is 118 cm³/mol. The summed E-state index contributed by atoms with van der Waals surface area (Å²) in [5, 5.41) is 8.86. The van der Waals surface area contributed by atoms with Crippen LogP contribution in [0.5, 0.6) is 0 Å². The molecule has 1 heterocycles. The van der Waals surface area contributed by atoms with E-state index in [1.54, 1.807) is 11.0 Å². The van der Waals surface area contributed by atoms with E-state index in [-0.39, 0.29) is 27.6 Å². The van der Waals surface area contributed by atoms with E-state index in [1.165, 1.54) is 24.3 Å². The van der Waals surface area contributed by atoms with Crippen molar-refractivity contribution in [2.24, 2.45) is 0 Å². The van der Waals surface area contributed by atoms with Crippen LogP contribution in [-0.2, 0) is 10.0 Å². The molecule has 10 heteroatoms. The Labute approximate surface area is 187 Å². The first-order chi connectivity index (χ1) is 15.2. The van der Waals surface area contributed by atoms with E-state index in [4.69, 9.17) is 5.11 Å². The number of rotatable bonds is 11. The van der Waals surface area contributed by atoms with Crippen molar-refractivity contribution < 1.29 is 27.9 Å². The maximum atomic E-state index is 13.0. The van der Waals surface area contributed by atoms with Crippen molar-refractivity contribution in [3.63, 3.8) is 0 Å². The molecular weight excluding hydrogens is 434 g/mol. The van der Waals surface area contributed by atoms with Gasteiger partial charge in [-0.05, 0) is 43.2 Å². The third-order valence-corrected chi connectivity index (χ3v) is 6.04. The molecule has 0 unspecified atom stereocenters. The van der Waals surface area contributed by atoms with Gasteiger partial charge < -0.3 is 10.0 Å². The zero-order valence-electron chi connectivity index (χ0n) is 18.1. The van der Waals surface area contributed by atoms with Gasteiger partial charge in [0, 0.05) is 24.8 Å². The molecule has 32 heavy (non-hydrogen) atoms. The lowest BCUT2D eigenvalue weighted by molar-refractivity contribution is 0.0688. The SMILES string of the molecule is CCCCN(CCCC)C(=O)c1cccc(S(=O)(=O)NC(=O)c2ccc(C(=O)O)nc2)c1. The summed E-state index contributed by atoms with van der Waals surface area (Å²) in [5.74, 6) is -2.49. The number of carbonyl (C=O) groups excluding carboxylic acids is 2. The molecule has 0 saturated heterocycles. The van der Waals surface area contributed by atoms with E-state index in [9.17, 15) is 22.8 Å². The minimum Gasteiger partial charge on any atom is -0.477 e. The van der Waals surface area contributed by atoms with E-state index in [0.29, 0.717) is 13.1 Å². The van der Waals surface area contributed by atoms with Crippen molar-refractivity contribution in [2.75, 3.05) is 13.1 Å². The number of carboxylic acids is 1. The second-order valence-corrected chi connectivity index (χ2v) is 8.88. The molecule has 0 aliphatic heterocycles. The van der Waals surface area contributed by atoms with Gasteiger partial charge in [0.05, 0.1) is 10.5 Å². The van der Waals surface area contributed by atoms with Crippen molar-refractivity contribution in [3.05, 3.63) is 59.4 Å². The van der Waals surface area contributed by atoms with Gasteiger partial charge >= 0.3 is 5.97 Å². The van der Waals surface area contributed by atoms with Crippen molar-refractivity contribution in [3.8, 4) is 0 Å². The minimum absolute atomic E-state index is 0.115. The topological polar surface area (TPSA) is 134 Å². The first-order valence-corrected chi connectivity index (χ1v) is 11.8. The number of carboxylic acid groups (broad SMARTS) is 1. The van der Waals surface area contributed by atoms with Crippen LogP contribution in [0.3, 0.4) is 0 Å². The fourth-order valence-electron chi connectivity index (χ4n) is 2.89. The zero-order valence-corrected chi connectivity index (χ0v) is 18.9. The Morgan fingerprint density at radius 1 is 1.00 bits per heavy atom. The first-order valence-electron chi connectivity index (χ1n) is 10.4. The molecule has 0 saturated carbocycles. The first kappa shape index (κ1) is 25.0. The van der Waals surface area contributed by atoms with Crippen LogP contribution in [-0.4, -0.2) is 54.3 Å². The second-order valence-electron chi connectivity index (χ2n) is 7.20. The Balaban J connectivity index is 2.21. The molecule has 0 atom stereocenters. The molecule has 172 valence electrons. The maximum absolute atomic E-state index is 13.0. The van der Waals surface area contributed by atoms with Crippen molar-refractivity contribution >= 4 is 27.8 Å². The summed E-state index contributed by atoms with van der Waals surface area (Å²) in [6.07, 6.45) is 4.53. The Bertz CT molecular complexity index is 1060. The van der Waals surface area contributed by atoms with Gasteiger partial charge in [-0.2, -0.15) is 0 Å². The van der Waals surface area contributed by atoms with Crippen LogP contribution in [0.4, 0.5) is 0 Å². The number of aromatic carboxylic acids is 1. The molecule has 1 aromatic heterocycles. The molecular formula is C22H27N3O6S. The quantitative estimate of drug-likeness (QED) is 0.525. The van der Waals surface area contributed by atoms with E-state index in [1.807, 2.05) is 18.6 Å². The Hall–Kier alpha value is -3.27. The van der Waals surface area contributed by atoms with Crippen molar-refractivity contribution in [1.82, 2.24) is 14.6 Å². The van der Waals surface area contributed by atoms with Gasteiger partial charge in [-0.15, -0.1) is 0 Å². The number of sulfonamides is 1. The van der Waals surface area contributed by atoms with Gasteiger partial charge in [0.1, 0.15) is 5.69 Å². The van der Waals surface area contributed by atoms with Crippen LogP contribution in [0.2, 0.25) is 0 Å². The third kappa shape index (κ3) is 6.61. The molecule has 0 aliphatic carbocycles. The van der Waals surface area contributed by atoms with Gasteiger partial charge in [-0.1, -0.05) is 32.8 Å². The number of hydrogen-bond donors (Lipinski definition) is 2. The summed E-state index contributed by atoms with van der Waals surface area (Å²) in [6.45, 7) is 5.23. The molecule has 1 aromatic carbocycles. The third-order valence-electron chi connectivity index (χ3n) is 4.71. The Morgan fingerprint density at radius 2 is 1.66 bits per heavy atom. The van der Waals surface area contributed by atoms with Gasteiger partial charge in [-0.3, -0.25) is 9.59 Å². The maximum Gasteiger partial charge on any atom is 0.354 e. The molecule has 2 N–H and O–H groups in total. The van der Waals surface area contributed by atoms with Gasteiger partial charge in [0.2, 0.25) is 0 Å². The van der Waals surface area contributed by atoms with Crippen molar-refractivity contribution in [2.45, 2.75) is 44.4 Å². The largest absolute Gasteiger partial charge is 0.477 e. The smallest absolute Gasteiger partial charge is 0.354 e. The number of pyridine rings is 1. The van der Waals surface area contributed by atoms with Crippen LogP contribution in [0.25, 0.3) is 0 Å². The number of amides is 2. The van der Waals surface area contributed by atoms with Crippen LogP contribution >= 0.6 is 0 Å². The highest BCUT2D eigenvalue weighted by Gasteiger charge is 2.22. The van der Waals surface area contributed by atoms with E-state index >= 15 is 0 Å². The fourth-order valence-corrected chi connectivity index (χ4v) is 3.91. The molecule has 2 amide bonds. The number of aromatic nitrogens is 1. The average molecular weight is 462 g/mol. The number of nitrogens with zero attached hydrogens (tertiary/aromatic N) is 2. The van der Waals surface area contributed by atoms with Crippen LogP contribution in [0.1, 0.15) is 70.7 Å². The van der Waals surface area contributed by atoms with Crippen molar-refractivity contribution in [1.29, 1.82) is 0 Å². The standard InChI is InChI=1S/C22H27N3O6S/c1-3-5-12-25(13-6-4-2)21(27)16-8-7-9-18(14-16)32(30,31)24-20(26)17-10-11-19(22(28)29)23-15-17/h7-11,14-15H,3-6,12-13H2,1-2H3,(H,24,26)(H,28,29). The fraction of sp³-hybridized carbons (Fsp3) is 0.364. The van der Waals surface area contributed by atoms with Crippen LogP contribution < -0.4 is 4.72 Å². The van der Waals surface area contributed by atoms with E-state index in [2.05, 4.69) is 4.98 Å². The molecule has 9 nitrogen and oxygen atoms in total. The predicted octanol–water partition coefficient (Wildman–Crippen LogP) is 2.94. The number of unbranched alkanes of at least 4 members (excludes halogenated alkanes) is 2. The summed E-state index contributed by atoms with van der Waals surface area (Å²) in [6, 6.07) is 7.80. The number of carbonyl (C=O) groups is 3. The Kier molecular flexibility index (Phi) is 8.89. The number of nitrogens with one attached hydrogen (secondary N) is 1. The zero-order chi connectivity index (χ0) is 23.7. The summed E-state index contributed by atoms with van der Waals surface area (Å²) in [5.41, 5.74) is -0.164. The summed E-state index contributed by atoms with van der Waals surface area (Å²) < 4.78 is 27.3. The molecule has 0 fully saturated rings. The summed E-state index contributed by atoms with van der Waals surface area (Å²) >= 11 is 0. The summed E-state index contributed by atoms with van der Waals surface area (Å²) in [4.78, 5) is 41.2. The lowest BCUT2D eigenvalue weighted by atomic mass is 10.1. The number of benzene rings is 1. The van der Waals surface area contributed by atoms with E-state index < -0.39 is 21.9 Å². The van der Waals surface area contributed by atoms with Gasteiger partial charge in [0.15, 0.2) is 0 Å². The molecule has 2 aromatic rings. The molecule has 2 rings (SSSR count). The average Bonchev–Trinajstić information content (AvgIpc) is 2.78. The highest BCUT2D eigenvalue weighted by molar-refractivity contribution is 7.90. The lowest BCUT2D eigenvalue weighted by Gasteiger charge is -2.22. The van der Waals surface area contributed by atoms with Gasteiger partial charge in [0.25, 0.3) is 21.8 Å². The highest BCUT2D eigenvalue weighted by atomic mass is 32.2. The monoisotopic (exact) mass is 461 g/mol. The van der Waals surface area contributed by atoms with Crippen LogP contribution in [0, 0.1) is 0 Å². The lowest BCUT2D eigenvalue weighted by Crippen LogP contribution is -2.33. The normalized spacial score (nSPS) is 11.1. The highest BCUT2D eigenvalue weighted by Crippen LogP contribution is 2.15. The second kappa shape index (κ2) is 11.4. The van der Waals surface area contributed by atoms with Crippen LogP contribution in [0.15, 0.2) is 47.5 Å². The molecule has 0 radical (unpaired) electrons. The van der Waals surface area contributed by atoms with Gasteiger partial charge in [-0.25, -0.2) is 22.9 Å². The number of hydrogen-bond acceptors (Lipinski definition) is 6. The molecule has 0 aliphatic rings. The molecule has 0 spiro atoms. The minimum atomic E-state index is -4.26. The summed E-state index contributed by atoms with van der Waals surface area (Å²) in [7, 11) is -4.26. The molecule has 0 bridgehead atoms.